The zero-order chi connectivity index (χ0) is 18.8. The van der Waals surface area contributed by atoms with Crippen molar-refractivity contribution in [1.29, 1.82) is 0 Å². The van der Waals surface area contributed by atoms with E-state index in [1.165, 1.54) is 0 Å². The van der Waals surface area contributed by atoms with Crippen molar-refractivity contribution in [2.75, 3.05) is 30.4 Å². The van der Waals surface area contributed by atoms with Gasteiger partial charge < -0.3 is 20.1 Å². The molecule has 2 aromatic rings. The number of ether oxygens (including phenoxy) is 2. The fraction of sp³-hybridized carbons (Fsp3) is 0.286. The Hall–Kier alpha value is -2.95. The van der Waals surface area contributed by atoms with Crippen molar-refractivity contribution in [3.05, 3.63) is 61.2 Å². The molecule has 26 heavy (non-hydrogen) atoms. The molecule has 0 saturated carbocycles. The molecule has 138 valence electrons. The van der Waals surface area contributed by atoms with Gasteiger partial charge in [-0.15, -0.1) is 0 Å². The average molecular weight is 354 g/mol. The average Bonchev–Trinajstić information content (AvgIpc) is 2.64. The highest BCUT2D eigenvalue weighted by Crippen LogP contribution is 2.18. The lowest BCUT2D eigenvalue weighted by atomic mass is 10.2. The van der Waals surface area contributed by atoms with Gasteiger partial charge in [0, 0.05) is 17.4 Å². The molecule has 0 spiro atoms. The minimum absolute atomic E-state index is 0.127. The van der Waals surface area contributed by atoms with Crippen molar-refractivity contribution in [2.45, 2.75) is 13.8 Å². The van der Waals surface area contributed by atoms with Gasteiger partial charge in [-0.1, -0.05) is 32.6 Å². The summed E-state index contributed by atoms with van der Waals surface area (Å²) >= 11 is 0. The predicted octanol–water partition coefficient (Wildman–Crippen LogP) is 4.34. The molecule has 2 aromatic carbocycles. The van der Waals surface area contributed by atoms with Crippen LogP contribution in [0.3, 0.4) is 0 Å². The predicted molar refractivity (Wildman–Crippen MR) is 106 cm³/mol. The summed E-state index contributed by atoms with van der Waals surface area (Å²) in [5.74, 6) is 1.86. The van der Waals surface area contributed by atoms with Gasteiger partial charge in [-0.05, 0) is 42.3 Å². The zero-order valence-corrected chi connectivity index (χ0v) is 15.3. The van der Waals surface area contributed by atoms with E-state index in [0.717, 1.165) is 22.9 Å². The van der Waals surface area contributed by atoms with E-state index in [-0.39, 0.29) is 12.5 Å². The zero-order valence-electron chi connectivity index (χ0n) is 15.3. The summed E-state index contributed by atoms with van der Waals surface area (Å²) in [5.41, 5.74) is 1.56. The number of carbonyl (C=O) groups is 1. The van der Waals surface area contributed by atoms with Crippen LogP contribution in [0.1, 0.15) is 13.8 Å². The Bertz CT molecular complexity index is 711. The van der Waals surface area contributed by atoms with Gasteiger partial charge >= 0.3 is 0 Å². The third-order valence-electron chi connectivity index (χ3n) is 3.38. The molecule has 5 heteroatoms. The second-order valence-electron chi connectivity index (χ2n) is 6.26. The number of carbonyl (C=O) groups excluding carboxylic acids is 1. The Kier molecular flexibility index (Phi) is 7.55. The van der Waals surface area contributed by atoms with Crippen LogP contribution in [0.2, 0.25) is 0 Å². The first-order valence-electron chi connectivity index (χ1n) is 8.67. The minimum Gasteiger partial charge on any atom is -0.493 e. The van der Waals surface area contributed by atoms with E-state index >= 15 is 0 Å². The maximum atomic E-state index is 12.1. The molecule has 2 N–H and O–H groups in total. The van der Waals surface area contributed by atoms with E-state index in [4.69, 9.17) is 9.47 Å². The molecule has 5 nitrogen and oxygen atoms in total. The Morgan fingerprint density at radius 1 is 1.08 bits per heavy atom. The monoisotopic (exact) mass is 354 g/mol. The Morgan fingerprint density at radius 2 is 1.85 bits per heavy atom. The second-order valence-corrected chi connectivity index (χ2v) is 6.26. The molecule has 0 radical (unpaired) electrons. The number of rotatable bonds is 10. The fourth-order valence-corrected chi connectivity index (χ4v) is 2.14. The van der Waals surface area contributed by atoms with Crippen LogP contribution in [0.15, 0.2) is 61.2 Å². The van der Waals surface area contributed by atoms with E-state index in [2.05, 4.69) is 31.1 Å². The van der Waals surface area contributed by atoms with E-state index in [0.29, 0.717) is 19.1 Å². The smallest absolute Gasteiger partial charge is 0.243 e. The highest BCUT2D eigenvalue weighted by molar-refractivity contribution is 5.93. The first-order chi connectivity index (χ1) is 12.6. The van der Waals surface area contributed by atoms with Crippen LogP contribution >= 0.6 is 0 Å². The maximum Gasteiger partial charge on any atom is 0.243 e. The van der Waals surface area contributed by atoms with Crippen molar-refractivity contribution in [1.82, 2.24) is 0 Å². The highest BCUT2D eigenvalue weighted by atomic mass is 16.5. The first-order valence-corrected chi connectivity index (χ1v) is 8.67. The summed E-state index contributed by atoms with van der Waals surface area (Å²) in [6.45, 7) is 9.09. The van der Waals surface area contributed by atoms with Crippen LogP contribution in [0.5, 0.6) is 11.5 Å². The minimum atomic E-state index is -0.127. The summed E-state index contributed by atoms with van der Waals surface area (Å²) < 4.78 is 11.1. The molecule has 1 amide bonds. The van der Waals surface area contributed by atoms with Crippen LogP contribution < -0.4 is 20.1 Å². The molecule has 2 rings (SSSR count). The standard InChI is InChI=1S/C21H26N2O3/c1-4-12-25-19-10-8-17(9-11-19)23-21(24)14-22-18-6-5-7-20(13-18)26-15-16(2)3/h4-11,13,16,22H,1,12,14-15H2,2-3H3,(H,23,24). The van der Waals surface area contributed by atoms with Crippen LogP contribution in [0, 0.1) is 5.92 Å². The number of benzene rings is 2. The maximum absolute atomic E-state index is 12.1. The van der Waals surface area contributed by atoms with Crippen LogP contribution in [0.25, 0.3) is 0 Å². The molecule has 0 saturated heterocycles. The Morgan fingerprint density at radius 3 is 2.54 bits per heavy atom. The van der Waals surface area contributed by atoms with E-state index in [9.17, 15) is 4.79 Å². The summed E-state index contributed by atoms with van der Waals surface area (Å²) in [7, 11) is 0. The molecule has 0 unspecified atom stereocenters. The van der Waals surface area contributed by atoms with Crippen molar-refractivity contribution in [3.8, 4) is 11.5 Å². The van der Waals surface area contributed by atoms with Gasteiger partial charge in [-0.25, -0.2) is 0 Å². The molecule has 0 aromatic heterocycles. The van der Waals surface area contributed by atoms with Crippen molar-refractivity contribution < 1.29 is 14.3 Å². The third-order valence-corrected chi connectivity index (χ3v) is 3.38. The van der Waals surface area contributed by atoms with Gasteiger partial charge in [0.15, 0.2) is 0 Å². The van der Waals surface area contributed by atoms with Crippen LogP contribution in [-0.4, -0.2) is 25.7 Å². The normalized spacial score (nSPS) is 10.3. The molecular weight excluding hydrogens is 328 g/mol. The number of amides is 1. The van der Waals surface area contributed by atoms with Crippen molar-refractivity contribution in [3.63, 3.8) is 0 Å². The van der Waals surface area contributed by atoms with E-state index in [1.54, 1.807) is 18.2 Å². The molecule has 0 bridgehead atoms. The summed E-state index contributed by atoms with van der Waals surface area (Å²) in [4.78, 5) is 12.1. The summed E-state index contributed by atoms with van der Waals surface area (Å²) in [6.07, 6.45) is 1.68. The third kappa shape index (κ3) is 6.89. The molecule has 0 aliphatic rings. The Balaban J connectivity index is 1.81. The lowest BCUT2D eigenvalue weighted by molar-refractivity contribution is -0.114. The van der Waals surface area contributed by atoms with Crippen molar-refractivity contribution >= 4 is 17.3 Å². The first kappa shape index (κ1) is 19.4. The molecule has 0 atom stereocenters. The summed E-state index contributed by atoms with van der Waals surface area (Å²) in [6, 6.07) is 14.8. The lowest BCUT2D eigenvalue weighted by Gasteiger charge is -2.11. The summed E-state index contributed by atoms with van der Waals surface area (Å²) in [5, 5.41) is 5.95. The molecule has 0 aliphatic carbocycles. The Labute approximate surface area is 155 Å². The number of hydrogen-bond acceptors (Lipinski definition) is 4. The van der Waals surface area contributed by atoms with Gasteiger partial charge in [-0.3, -0.25) is 4.79 Å². The van der Waals surface area contributed by atoms with E-state index in [1.807, 2.05) is 36.4 Å². The van der Waals surface area contributed by atoms with Gasteiger partial charge in [0.1, 0.15) is 18.1 Å². The van der Waals surface area contributed by atoms with Crippen LogP contribution in [-0.2, 0) is 4.79 Å². The highest BCUT2D eigenvalue weighted by Gasteiger charge is 2.04. The van der Waals surface area contributed by atoms with Gasteiger partial charge in [-0.2, -0.15) is 0 Å². The largest absolute Gasteiger partial charge is 0.493 e. The fourth-order valence-electron chi connectivity index (χ4n) is 2.14. The number of anilines is 2. The topological polar surface area (TPSA) is 59.6 Å². The molecule has 0 heterocycles. The second kappa shape index (κ2) is 10.1. The quantitative estimate of drug-likeness (QED) is 0.623. The SMILES string of the molecule is C=CCOc1ccc(NC(=O)CNc2cccc(OCC(C)C)c2)cc1. The lowest BCUT2D eigenvalue weighted by Crippen LogP contribution is -2.21. The number of hydrogen-bond donors (Lipinski definition) is 2. The van der Waals surface area contributed by atoms with E-state index < -0.39 is 0 Å². The van der Waals surface area contributed by atoms with Crippen LogP contribution in [0.4, 0.5) is 11.4 Å². The molecule has 0 fully saturated rings. The van der Waals surface area contributed by atoms with Gasteiger partial charge in [0.25, 0.3) is 0 Å². The number of nitrogens with one attached hydrogen (secondary N) is 2. The molecular formula is C21H26N2O3. The van der Waals surface area contributed by atoms with Gasteiger partial charge in [0.05, 0.1) is 13.2 Å². The van der Waals surface area contributed by atoms with Crippen molar-refractivity contribution in [2.24, 2.45) is 5.92 Å². The van der Waals surface area contributed by atoms with Gasteiger partial charge in [0.2, 0.25) is 5.91 Å². The molecule has 0 aliphatic heterocycles.